The quantitative estimate of drug-likeness (QED) is 0.930. The number of rotatable bonds is 3. The van der Waals surface area contributed by atoms with Gasteiger partial charge in [0.25, 0.3) is 0 Å². The first-order valence-electron chi connectivity index (χ1n) is 8.14. The van der Waals surface area contributed by atoms with Gasteiger partial charge in [0.05, 0.1) is 12.2 Å². The van der Waals surface area contributed by atoms with Gasteiger partial charge in [-0.15, -0.1) is 5.10 Å². The molecule has 1 N–H and O–H groups in total. The second-order valence-electron chi connectivity index (χ2n) is 5.99. The predicted molar refractivity (Wildman–Crippen MR) is 89.5 cm³/mol. The summed E-state index contributed by atoms with van der Waals surface area (Å²) in [7, 11) is 0. The van der Waals surface area contributed by atoms with Crippen molar-refractivity contribution in [1.82, 2.24) is 25.1 Å². The Balaban J connectivity index is 1.74. The second kappa shape index (κ2) is 6.96. The first kappa shape index (κ1) is 16.4. The smallest absolute Gasteiger partial charge is 0.322 e. The van der Waals surface area contributed by atoms with Crippen LogP contribution in [0.15, 0.2) is 24.3 Å². The van der Waals surface area contributed by atoms with Crippen molar-refractivity contribution < 1.29 is 9.53 Å². The number of amides is 2. The van der Waals surface area contributed by atoms with Crippen molar-refractivity contribution in [2.24, 2.45) is 0 Å². The first-order chi connectivity index (χ1) is 11.6. The van der Waals surface area contributed by atoms with Gasteiger partial charge in [-0.2, -0.15) is 0 Å². The van der Waals surface area contributed by atoms with Gasteiger partial charge >= 0.3 is 6.03 Å². The van der Waals surface area contributed by atoms with E-state index >= 15 is 0 Å². The van der Waals surface area contributed by atoms with E-state index in [0.717, 1.165) is 11.3 Å². The van der Waals surface area contributed by atoms with E-state index in [-0.39, 0.29) is 18.2 Å². The predicted octanol–water partition coefficient (Wildman–Crippen LogP) is 2.00. The number of tetrazole rings is 1. The monoisotopic (exact) mass is 330 g/mol. The average Bonchev–Trinajstić information content (AvgIpc) is 3.03. The van der Waals surface area contributed by atoms with Gasteiger partial charge in [-0.3, -0.25) is 0 Å². The van der Waals surface area contributed by atoms with E-state index in [2.05, 4.69) is 20.8 Å². The van der Waals surface area contributed by atoms with E-state index < -0.39 is 0 Å². The average molecular weight is 330 g/mol. The molecule has 2 amide bonds. The topological polar surface area (TPSA) is 85.2 Å². The minimum Gasteiger partial charge on any atom is -0.372 e. The van der Waals surface area contributed by atoms with Crippen molar-refractivity contribution in [2.75, 3.05) is 18.4 Å². The van der Waals surface area contributed by atoms with Gasteiger partial charge in [0.1, 0.15) is 0 Å². The van der Waals surface area contributed by atoms with Crippen LogP contribution in [0.25, 0.3) is 11.4 Å². The molecule has 2 aromatic rings. The molecule has 1 aliphatic rings. The Morgan fingerprint density at radius 1 is 1.33 bits per heavy atom. The molecule has 1 aromatic heterocycles. The number of carbonyl (C=O) groups excluding carboxylic acids is 1. The number of nitrogens with one attached hydrogen (secondary N) is 1. The molecular weight excluding hydrogens is 308 g/mol. The number of carbonyl (C=O) groups is 1. The van der Waals surface area contributed by atoms with Crippen molar-refractivity contribution >= 4 is 11.7 Å². The fourth-order valence-electron chi connectivity index (χ4n) is 2.91. The maximum absolute atomic E-state index is 12.5. The van der Waals surface area contributed by atoms with Crippen LogP contribution >= 0.6 is 0 Å². The number of nitrogens with zero attached hydrogens (tertiary/aromatic N) is 5. The molecule has 128 valence electrons. The Hall–Kier alpha value is -2.48. The number of hydrogen-bond acceptors (Lipinski definition) is 5. The molecule has 1 fully saturated rings. The zero-order chi connectivity index (χ0) is 17.1. The second-order valence-corrected chi connectivity index (χ2v) is 5.99. The highest BCUT2D eigenvalue weighted by Crippen LogP contribution is 2.21. The van der Waals surface area contributed by atoms with E-state index in [1.807, 2.05) is 45.0 Å². The normalized spacial score (nSPS) is 20.9. The number of urea groups is 1. The fraction of sp³-hybridized carbons (Fsp3) is 0.500. The molecule has 0 spiro atoms. The SMILES string of the molecule is CCn1nnnc1-c1cccc(NC(=O)N2C[C@H](C)O[C@@H](C)C2)c1. The van der Waals surface area contributed by atoms with E-state index in [9.17, 15) is 4.79 Å². The standard InChI is InChI=1S/C16H22N6O2/c1-4-22-15(18-19-20-22)13-6-5-7-14(8-13)17-16(23)21-9-11(2)24-12(3)10-21/h5-8,11-12H,4,9-10H2,1-3H3,(H,17,23)/t11-,12-/m0/s1. The van der Waals surface area contributed by atoms with Gasteiger partial charge < -0.3 is 15.0 Å². The van der Waals surface area contributed by atoms with Crippen LogP contribution in [0.3, 0.4) is 0 Å². The summed E-state index contributed by atoms with van der Waals surface area (Å²) in [6.07, 6.45) is 0.0834. The summed E-state index contributed by atoms with van der Waals surface area (Å²) in [5.74, 6) is 0.683. The Labute approximate surface area is 140 Å². The number of anilines is 1. The summed E-state index contributed by atoms with van der Waals surface area (Å²) in [6.45, 7) is 7.78. The number of morpholine rings is 1. The van der Waals surface area contributed by atoms with Crippen molar-refractivity contribution in [3.8, 4) is 11.4 Å². The van der Waals surface area contributed by atoms with E-state index in [1.54, 1.807) is 9.58 Å². The lowest BCUT2D eigenvalue weighted by Crippen LogP contribution is -2.49. The summed E-state index contributed by atoms with van der Waals surface area (Å²) in [5.41, 5.74) is 1.58. The third-order valence-electron chi connectivity index (χ3n) is 3.91. The van der Waals surface area contributed by atoms with Gasteiger partial charge in [0, 0.05) is 30.9 Å². The lowest BCUT2D eigenvalue weighted by molar-refractivity contribution is -0.0530. The van der Waals surface area contributed by atoms with Gasteiger partial charge in [-0.25, -0.2) is 9.48 Å². The highest BCUT2D eigenvalue weighted by Gasteiger charge is 2.25. The molecule has 2 atom stereocenters. The lowest BCUT2D eigenvalue weighted by Gasteiger charge is -2.35. The minimum atomic E-state index is -0.121. The highest BCUT2D eigenvalue weighted by atomic mass is 16.5. The third kappa shape index (κ3) is 3.53. The van der Waals surface area contributed by atoms with Crippen LogP contribution in [0.2, 0.25) is 0 Å². The molecule has 8 nitrogen and oxygen atoms in total. The largest absolute Gasteiger partial charge is 0.372 e. The maximum atomic E-state index is 12.5. The van der Waals surface area contributed by atoms with Crippen molar-refractivity contribution in [2.45, 2.75) is 39.5 Å². The summed E-state index contributed by atoms with van der Waals surface area (Å²) in [6, 6.07) is 7.42. The van der Waals surface area contributed by atoms with Gasteiger partial charge in [0.2, 0.25) is 0 Å². The molecule has 0 radical (unpaired) electrons. The summed E-state index contributed by atoms with van der Waals surface area (Å²) in [4.78, 5) is 14.3. The summed E-state index contributed by atoms with van der Waals surface area (Å²) in [5, 5.41) is 14.6. The van der Waals surface area contributed by atoms with Crippen molar-refractivity contribution in [1.29, 1.82) is 0 Å². The molecule has 2 heterocycles. The number of hydrogen-bond donors (Lipinski definition) is 1. The van der Waals surface area contributed by atoms with E-state index in [0.29, 0.717) is 25.5 Å². The molecule has 1 aliphatic heterocycles. The lowest BCUT2D eigenvalue weighted by atomic mass is 10.2. The Morgan fingerprint density at radius 2 is 2.08 bits per heavy atom. The van der Waals surface area contributed by atoms with Gasteiger partial charge in [0.15, 0.2) is 5.82 Å². The van der Waals surface area contributed by atoms with Crippen LogP contribution in [0.4, 0.5) is 10.5 Å². The van der Waals surface area contributed by atoms with Crippen LogP contribution in [-0.4, -0.2) is 56.4 Å². The number of benzene rings is 1. The van der Waals surface area contributed by atoms with E-state index in [4.69, 9.17) is 4.74 Å². The Kier molecular flexibility index (Phi) is 4.75. The highest BCUT2D eigenvalue weighted by molar-refractivity contribution is 5.90. The molecule has 0 saturated carbocycles. The van der Waals surface area contributed by atoms with E-state index in [1.165, 1.54) is 0 Å². The maximum Gasteiger partial charge on any atom is 0.322 e. The molecule has 24 heavy (non-hydrogen) atoms. The zero-order valence-electron chi connectivity index (χ0n) is 14.1. The summed E-state index contributed by atoms with van der Waals surface area (Å²) < 4.78 is 7.38. The molecule has 1 saturated heterocycles. The molecular formula is C16H22N6O2. The molecule has 8 heteroatoms. The molecule has 3 rings (SSSR count). The van der Waals surface area contributed by atoms with Crippen LogP contribution < -0.4 is 5.32 Å². The molecule has 1 aromatic carbocycles. The zero-order valence-corrected chi connectivity index (χ0v) is 14.1. The molecule has 0 unspecified atom stereocenters. The van der Waals surface area contributed by atoms with Gasteiger partial charge in [-0.1, -0.05) is 12.1 Å². The number of aromatic nitrogens is 4. The Bertz CT molecular complexity index is 706. The summed E-state index contributed by atoms with van der Waals surface area (Å²) >= 11 is 0. The minimum absolute atomic E-state index is 0.0417. The fourth-order valence-corrected chi connectivity index (χ4v) is 2.91. The van der Waals surface area contributed by atoms with Crippen LogP contribution in [-0.2, 0) is 11.3 Å². The van der Waals surface area contributed by atoms with Crippen LogP contribution in [0, 0.1) is 0 Å². The molecule has 0 aliphatic carbocycles. The third-order valence-corrected chi connectivity index (χ3v) is 3.91. The Morgan fingerprint density at radius 3 is 2.79 bits per heavy atom. The number of aryl methyl sites for hydroxylation is 1. The van der Waals surface area contributed by atoms with Crippen LogP contribution in [0.1, 0.15) is 20.8 Å². The number of ether oxygens (including phenoxy) is 1. The molecule has 0 bridgehead atoms. The first-order valence-corrected chi connectivity index (χ1v) is 8.14. The van der Waals surface area contributed by atoms with Gasteiger partial charge in [-0.05, 0) is 43.3 Å². The van der Waals surface area contributed by atoms with Crippen molar-refractivity contribution in [3.63, 3.8) is 0 Å². The van der Waals surface area contributed by atoms with Crippen LogP contribution in [0.5, 0.6) is 0 Å². The van der Waals surface area contributed by atoms with Crippen molar-refractivity contribution in [3.05, 3.63) is 24.3 Å².